The summed E-state index contributed by atoms with van der Waals surface area (Å²) in [7, 11) is -3.83. The lowest BCUT2D eigenvalue weighted by atomic mass is 10.1. The summed E-state index contributed by atoms with van der Waals surface area (Å²) in [4.78, 5) is 19.0. The van der Waals surface area contributed by atoms with Crippen molar-refractivity contribution in [1.82, 2.24) is 9.97 Å². The fourth-order valence-corrected chi connectivity index (χ4v) is 3.41. The third kappa shape index (κ3) is 6.89. The number of aliphatic hydroxyl groups excluding tert-OH is 1. The van der Waals surface area contributed by atoms with E-state index in [0.717, 1.165) is 0 Å². The first-order valence-corrected chi connectivity index (χ1v) is 10.9. The third-order valence-electron chi connectivity index (χ3n) is 3.93. The Labute approximate surface area is 185 Å². The number of aromatic carboxylic acids is 1. The molecule has 0 bridgehead atoms. The van der Waals surface area contributed by atoms with Crippen LogP contribution in [0.4, 0.5) is 5.95 Å². The van der Waals surface area contributed by atoms with Gasteiger partial charge in [0.25, 0.3) is 10.0 Å². The van der Waals surface area contributed by atoms with Crippen molar-refractivity contribution in [2.75, 3.05) is 11.3 Å². The SMILES string of the molecule is CCO.Cc1ccnc(NS(=O)(=O)c2ccc(C=Cc3ccc(O)c(C(=O)O)c3)cc2)n1. The van der Waals surface area contributed by atoms with Crippen LogP contribution < -0.4 is 4.72 Å². The largest absolute Gasteiger partial charge is 0.507 e. The molecule has 0 saturated heterocycles. The van der Waals surface area contributed by atoms with Gasteiger partial charge < -0.3 is 15.3 Å². The number of rotatable bonds is 6. The van der Waals surface area contributed by atoms with Gasteiger partial charge in [0.05, 0.1) is 4.90 Å². The minimum Gasteiger partial charge on any atom is -0.507 e. The molecule has 0 unspecified atom stereocenters. The van der Waals surface area contributed by atoms with Crippen LogP contribution >= 0.6 is 0 Å². The Kier molecular flexibility index (Phi) is 8.45. The molecule has 168 valence electrons. The molecule has 0 amide bonds. The number of hydrogen-bond donors (Lipinski definition) is 4. The highest BCUT2D eigenvalue weighted by Crippen LogP contribution is 2.20. The normalized spacial score (nSPS) is 11.0. The van der Waals surface area contributed by atoms with E-state index >= 15 is 0 Å². The van der Waals surface area contributed by atoms with Gasteiger partial charge in [-0.3, -0.25) is 0 Å². The Hall–Kier alpha value is -3.76. The number of hydrogen-bond acceptors (Lipinski definition) is 7. The highest BCUT2D eigenvalue weighted by atomic mass is 32.2. The number of carboxylic acid groups (broad SMARTS) is 1. The first-order valence-electron chi connectivity index (χ1n) is 9.44. The van der Waals surface area contributed by atoms with Crippen molar-refractivity contribution in [3.63, 3.8) is 0 Å². The number of carbonyl (C=O) groups is 1. The monoisotopic (exact) mass is 457 g/mol. The van der Waals surface area contributed by atoms with E-state index in [-0.39, 0.29) is 28.8 Å². The molecule has 3 rings (SSSR count). The fourth-order valence-electron chi connectivity index (χ4n) is 2.46. The van der Waals surface area contributed by atoms with Crippen LogP contribution in [0.1, 0.15) is 34.1 Å². The van der Waals surface area contributed by atoms with Crippen molar-refractivity contribution in [3.05, 3.63) is 77.1 Å². The molecule has 3 aromatic rings. The van der Waals surface area contributed by atoms with Crippen LogP contribution in [0.3, 0.4) is 0 Å². The molecule has 9 nitrogen and oxygen atoms in total. The number of phenols is 1. The second-order valence-corrected chi connectivity index (χ2v) is 8.11. The lowest BCUT2D eigenvalue weighted by molar-refractivity contribution is 0.0693. The number of aromatic nitrogens is 2. The molecule has 10 heteroatoms. The van der Waals surface area contributed by atoms with E-state index in [1.165, 1.54) is 30.5 Å². The number of aryl methyl sites for hydroxylation is 1. The molecule has 2 aromatic carbocycles. The first kappa shape index (κ1) is 24.5. The van der Waals surface area contributed by atoms with Gasteiger partial charge in [-0.25, -0.2) is 27.9 Å². The maximum atomic E-state index is 12.4. The second-order valence-electron chi connectivity index (χ2n) is 6.43. The molecule has 4 N–H and O–H groups in total. The Morgan fingerprint density at radius 2 is 1.66 bits per heavy atom. The topological polar surface area (TPSA) is 150 Å². The molecule has 1 aromatic heterocycles. The third-order valence-corrected chi connectivity index (χ3v) is 5.27. The van der Waals surface area contributed by atoms with E-state index in [1.807, 2.05) is 0 Å². The number of anilines is 1. The van der Waals surface area contributed by atoms with Crippen LogP contribution in [0.15, 0.2) is 59.6 Å². The molecule has 0 spiro atoms. The van der Waals surface area contributed by atoms with E-state index in [0.29, 0.717) is 16.8 Å². The standard InChI is InChI=1S/C20H17N3O5S.C2H6O/c1-13-10-11-21-20(22-13)23-29(27,28)16-7-4-14(5-8-16)2-3-15-6-9-18(24)17(12-15)19(25)26;1-2-3/h2-12,24H,1H3,(H,25,26)(H,21,22,23);3H,2H2,1H3. The molecule has 0 aliphatic heterocycles. The molecular formula is C22H23N3O6S. The van der Waals surface area contributed by atoms with Crippen LogP contribution in [0, 0.1) is 6.92 Å². The average molecular weight is 458 g/mol. The van der Waals surface area contributed by atoms with Gasteiger partial charge in [0, 0.05) is 18.5 Å². The summed E-state index contributed by atoms with van der Waals surface area (Å²) in [6, 6.07) is 12.0. The van der Waals surface area contributed by atoms with Crippen LogP contribution in [0.25, 0.3) is 12.2 Å². The first-order chi connectivity index (χ1) is 15.2. The van der Waals surface area contributed by atoms with Gasteiger partial charge in [0.2, 0.25) is 5.95 Å². The fraction of sp³-hybridized carbons (Fsp3) is 0.136. The van der Waals surface area contributed by atoms with E-state index in [2.05, 4.69) is 14.7 Å². The van der Waals surface area contributed by atoms with Crippen molar-refractivity contribution < 1.29 is 28.5 Å². The lowest BCUT2D eigenvalue weighted by Gasteiger charge is -2.07. The van der Waals surface area contributed by atoms with Crippen molar-refractivity contribution in [1.29, 1.82) is 0 Å². The minimum absolute atomic E-state index is 0.00413. The molecule has 0 aliphatic rings. The summed E-state index contributed by atoms with van der Waals surface area (Å²) < 4.78 is 27.2. The zero-order chi connectivity index (χ0) is 23.7. The predicted molar refractivity (Wildman–Crippen MR) is 121 cm³/mol. The van der Waals surface area contributed by atoms with Crippen molar-refractivity contribution in [2.24, 2.45) is 0 Å². The maximum Gasteiger partial charge on any atom is 0.339 e. The van der Waals surface area contributed by atoms with Crippen LogP contribution in [0.5, 0.6) is 5.75 Å². The van der Waals surface area contributed by atoms with Gasteiger partial charge in [0.1, 0.15) is 11.3 Å². The Bertz CT molecular complexity index is 1210. The molecule has 0 atom stereocenters. The average Bonchev–Trinajstić information content (AvgIpc) is 2.73. The molecule has 1 heterocycles. The molecular weight excluding hydrogens is 434 g/mol. The lowest BCUT2D eigenvalue weighted by Crippen LogP contribution is -2.15. The Morgan fingerprint density at radius 1 is 1.06 bits per heavy atom. The molecule has 0 fully saturated rings. The summed E-state index contributed by atoms with van der Waals surface area (Å²) >= 11 is 0. The zero-order valence-corrected chi connectivity index (χ0v) is 18.2. The molecule has 0 aliphatic carbocycles. The van der Waals surface area contributed by atoms with Gasteiger partial charge >= 0.3 is 5.97 Å². The summed E-state index contributed by atoms with van der Waals surface area (Å²) in [6.07, 6.45) is 4.83. The van der Waals surface area contributed by atoms with Crippen LogP contribution in [-0.4, -0.2) is 46.3 Å². The van der Waals surface area contributed by atoms with Gasteiger partial charge in [-0.1, -0.05) is 30.4 Å². The van der Waals surface area contributed by atoms with E-state index in [1.54, 1.807) is 50.3 Å². The highest BCUT2D eigenvalue weighted by molar-refractivity contribution is 7.92. The van der Waals surface area contributed by atoms with Gasteiger partial charge in [0.15, 0.2) is 0 Å². The number of benzene rings is 2. The summed E-state index contributed by atoms with van der Waals surface area (Å²) in [5.74, 6) is -1.54. The number of nitrogens with zero attached hydrogens (tertiary/aromatic N) is 2. The zero-order valence-electron chi connectivity index (χ0n) is 17.4. The van der Waals surface area contributed by atoms with E-state index in [9.17, 15) is 18.3 Å². The van der Waals surface area contributed by atoms with Crippen LogP contribution in [0.2, 0.25) is 0 Å². The number of aliphatic hydroxyl groups is 1. The maximum absolute atomic E-state index is 12.4. The number of sulfonamides is 1. The number of nitrogens with one attached hydrogen (secondary N) is 1. The van der Waals surface area contributed by atoms with E-state index in [4.69, 9.17) is 10.2 Å². The Balaban J connectivity index is 0.00000114. The highest BCUT2D eigenvalue weighted by Gasteiger charge is 2.15. The van der Waals surface area contributed by atoms with Gasteiger partial charge in [-0.05, 0) is 55.3 Å². The smallest absolute Gasteiger partial charge is 0.339 e. The van der Waals surface area contributed by atoms with Gasteiger partial charge in [-0.2, -0.15) is 0 Å². The number of aromatic hydroxyl groups is 1. The van der Waals surface area contributed by atoms with Crippen molar-refractivity contribution in [3.8, 4) is 5.75 Å². The summed E-state index contributed by atoms with van der Waals surface area (Å²) in [5, 5.41) is 26.2. The van der Waals surface area contributed by atoms with Crippen molar-refractivity contribution >= 4 is 34.1 Å². The quantitative estimate of drug-likeness (QED) is 0.412. The predicted octanol–water partition coefficient (Wildman–Crippen LogP) is 3.16. The molecule has 32 heavy (non-hydrogen) atoms. The van der Waals surface area contributed by atoms with Crippen LogP contribution in [-0.2, 0) is 10.0 Å². The molecule has 0 saturated carbocycles. The van der Waals surface area contributed by atoms with E-state index < -0.39 is 16.0 Å². The second kappa shape index (κ2) is 11.0. The van der Waals surface area contributed by atoms with Crippen molar-refractivity contribution in [2.45, 2.75) is 18.7 Å². The number of carboxylic acids is 1. The summed E-state index contributed by atoms with van der Waals surface area (Å²) in [5.41, 5.74) is 1.73. The Morgan fingerprint density at radius 3 is 2.25 bits per heavy atom. The minimum atomic E-state index is -3.83. The summed E-state index contributed by atoms with van der Waals surface area (Å²) in [6.45, 7) is 3.66. The molecule has 0 radical (unpaired) electrons. The van der Waals surface area contributed by atoms with Gasteiger partial charge in [-0.15, -0.1) is 0 Å².